The molecule has 0 radical (unpaired) electrons. The van der Waals surface area contributed by atoms with Crippen molar-refractivity contribution in [2.24, 2.45) is 0 Å². The van der Waals surface area contributed by atoms with E-state index in [9.17, 15) is 28.4 Å². The molecule has 2 heterocycles. The molecular weight excluding hydrogens is 435 g/mol. The number of hydrogen-bond donors (Lipinski definition) is 3. The summed E-state index contributed by atoms with van der Waals surface area (Å²) in [7, 11) is 0. The molecule has 3 N–H and O–H groups in total. The molecule has 2 aliphatic heterocycles. The molecule has 33 heavy (non-hydrogen) atoms. The zero-order valence-corrected chi connectivity index (χ0v) is 18.1. The molecule has 2 unspecified atom stereocenters. The fourth-order valence-electron chi connectivity index (χ4n) is 3.99. The summed E-state index contributed by atoms with van der Waals surface area (Å²) < 4.78 is 13.7. The molecule has 2 fully saturated rings. The molecular formula is C22H27FN4O6. The van der Waals surface area contributed by atoms with Crippen molar-refractivity contribution >= 4 is 29.6 Å². The summed E-state index contributed by atoms with van der Waals surface area (Å²) in [5.74, 6) is -3.35. The number of nitrogens with zero attached hydrogens (tertiary/aromatic N) is 2. The van der Waals surface area contributed by atoms with Crippen molar-refractivity contribution in [3.63, 3.8) is 0 Å². The van der Waals surface area contributed by atoms with Crippen LogP contribution in [0.4, 0.5) is 4.39 Å². The van der Waals surface area contributed by atoms with Crippen molar-refractivity contribution in [3.05, 3.63) is 35.6 Å². The summed E-state index contributed by atoms with van der Waals surface area (Å²) >= 11 is 0. The summed E-state index contributed by atoms with van der Waals surface area (Å²) in [4.78, 5) is 64.2. The second kappa shape index (κ2) is 10.9. The molecule has 2 saturated heterocycles. The van der Waals surface area contributed by atoms with Gasteiger partial charge in [0.2, 0.25) is 17.7 Å². The zero-order chi connectivity index (χ0) is 24.0. The van der Waals surface area contributed by atoms with Crippen LogP contribution in [0.5, 0.6) is 0 Å². The molecule has 178 valence electrons. The normalized spacial score (nSPS) is 20.7. The van der Waals surface area contributed by atoms with E-state index in [1.165, 1.54) is 28.0 Å². The zero-order valence-electron chi connectivity index (χ0n) is 18.1. The van der Waals surface area contributed by atoms with Gasteiger partial charge in [-0.3, -0.25) is 24.0 Å². The Morgan fingerprint density at radius 3 is 2.67 bits per heavy atom. The lowest BCUT2D eigenvalue weighted by Gasteiger charge is -2.41. The van der Waals surface area contributed by atoms with E-state index in [0.717, 1.165) is 6.07 Å². The third kappa shape index (κ3) is 6.27. The van der Waals surface area contributed by atoms with Gasteiger partial charge in [0, 0.05) is 38.0 Å². The lowest BCUT2D eigenvalue weighted by molar-refractivity contribution is -0.139. The molecule has 2 atom stereocenters. The van der Waals surface area contributed by atoms with E-state index in [-0.39, 0.29) is 56.3 Å². The first-order valence-electron chi connectivity index (χ1n) is 10.9. The molecule has 0 saturated carbocycles. The predicted molar refractivity (Wildman–Crippen MR) is 113 cm³/mol. The third-order valence-electron chi connectivity index (χ3n) is 5.75. The van der Waals surface area contributed by atoms with Crippen LogP contribution in [0.3, 0.4) is 0 Å². The third-order valence-corrected chi connectivity index (χ3v) is 5.75. The molecule has 2 aliphatic rings. The monoisotopic (exact) mass is 462 g/mol. The van der Waals surface area contributed by atoms with Gasteiger partial charge in [0.05, 0.1) is 6.54 Å². The Kier molecular flexibility index (Phi) is 7.96. The number of carbonyl (C=O) groups excluding carboxylic acids is 4. The van der Waals surface area contributed by atoms with Crippen molar-refractivity contribution in [3.8, 4) is 0 Å². The second-order valence-electron chi connectivity index (χ2n) is 8.11. The minimum absolute atomic E-state index is 0.00349. The summed E-state index contributed by atoms with van der Waals surface area (Å²) in [6.07, 6.45) is 1.17. The van der Waals surface area contributed by atoms with E-state index in [1.54, 1.807) is 0 Å². The van der Waals surface area contributed by atoms with Gasteiger partial charge in [-0.05, 0) is 37.5 Å². The summed E-state index contributed by atoms with van der Waals surface area (Å²) in [6, 6.07) is 3.31. The number of piperazine rings is 1. The number of nitrogens with one attached hydrogen (secondary N) is 2. The van der Waals surface area contributed by atoms with Gasteiger partial charge in [0.15, 0.2) is 0 Å². The van der Waals surface area contributed by atoms with Crippen LogP contribution in [0.1, 0.15) is 42.5 Å². The average Bonchev–Trinajstić information content (AvgIpc) is 2.79. The van der Waals surface area contributed by atoms with Crippen molar-refractivity contribution in [2.75, 3.05) is 26.2 Å². The number of aliphatic carboxylic acids is 1. The van der Waals surface area contributed by atoms with E-state index < -0.39 is 35.7 Å². The standard InChI is InChI=1S/C22H27FN4O6/c23-15-5-1-4-14(12-15)22(33)27-11-10-26(18(28)7-2-8-19(29)30)13-17(27)21(32)25-16-6-3-9-24-20(16)31/h1,4-5,12,16-17H,2-3,6-11,13H2,(H,24,31)(H,25,32)(H,29,30). The number of carbonyl (C=O) groups is 5. The van der Waals surface area contributed by atoms with Gasteiger partial charge in [-0.15, -0.1) is 0 Å². The molecule has 4 amide bonds. The Morgan fingerprint density at radius 1 is 1.18 bits per heavy atom. The summed E-state index contributed by atoms with van der Waals surface area (Å²) in [6.45, 7) is 0.611. The van der Waals surface area contributed by atoms with Crippen LogP contribution in [0.25, 0.3) is 0 Å². The van der Waals surface area contributed by atoms with Crippen molar-refractivity contribution in [1.29, 1.82) is 0 Å². The van der Waals surface area contributed by atoms with E-state index in [2.05, 4.69) is 10.6 Å². The molecule has 1 aromatic carbocycles. The number of halogens is 1. The van der Waals surface area contributed by atoms with Crippen LogP contribution in [-0.4, -0.2) is 82.8 Å². The van der Waals surface area contributed by atoms with Crippen LogP contribution in [0.15, 0.2) is 24.3 Å². The quantitative estimate of drug-likeness (QED) is 0.527. The minimum Gasteiger partial charge on any atom is -0.481 e. The molecule has 0 aliphatic carbocycles. The summed E-state index contributed by atoms with van der Waals surface area (Å²) in [5, 5.41) is 14.1. The number of piperidine rings is 1. The largest absolute Gasteiger partial charge is 0.481 e. The highest BCUT2D eigenvalue weighted by Gasteiger charge is 2.38. The van der Waals surface area contributed by atoms with Gasteiger partial charge in [-0.2, -0.15) is 0 Å². The smallest absolute Gasteiger partial charge is 0.303 e. The van der Waals surface area contributed by atoms with Crippen LogP contribution in [0.2, 0.25) is 0 Å². The number of amides is 4. The molecule has 0 bridgehead atoms. The first kappa shape index (κ1) is 24.1. The van der Waals surface area contributed by atoms with Gasteiger partial charge in [-0.1, -0.05) is 6.07 Å². The topological polar surface area (TPSA) is 136 Å². The molecule has 0 spiro atoms. The Balaban J connectivity index is 1.76. The SMILES string of the molecule is O=C(O)CCCC(=O)N1CCN(C(=O)c2cccc(F)c2)C(C(=O)NC2CCCNC2=O)C1. The first-order chi connectivity index (χ1) is 15.8. The lowest BCUT2D eigenvalue weighted by atomic mass is 10.0. The van der Waals surface area contributed by atoms with Crippen LogP contribution in [0, 0.1) is 5.82 Å². The maximum Gasteiger partial charge on any atom is 0.303 e. The Hall–Kier alpha value is -3.50. The summed E-state index contributed by atoms with van der Waals surface area (Å²) in [5.41, 5.74) is 0.0736. The van der Waals surface area contributed by atoms with E-state index >= 15 is 0 Å². The molecule has 1 aromatic rings. The van der Waals surface area contributed by atoms with E-state index in [4.69, 9.17) is 5.11 Å². The van der Waals surface area contributed by atoms with Crippen molar-refractivity contribution in [1.82, 2.24) is 20.4 Å². The number of rotatable bonds is 7. The number of carboxylic acids is 1. The van der Waals surface area contributed by atoms with Crippen molar-refractivity contribution in [2.45, 2.75) is 44.2 Å². The van der Waals surface area contributed by atoms with Crippen LogP contribution < -0.4 is 10.6 Å². The number of benzene rings is 1. The highest BCUT2D eigenvalue weighted by Crippen LogP contribution is 2.18. The Bertz CT molecular complexity index is 939. The van der Waals surface area contributed by atoms with E-state index in [0.29, 0.717) is 19.4 Å². The van der Waals surface area contributed by atoms with Gasteiger partial charge in [0.25, 0.3) is 5.91 Å². The molecule has 11 heteroatoms. The van der Waals surface area contributed by atoms with Crippen LogP contribution in [-0.2, 0) is 19.2 Å². The first-order valence-corrected chi connectivity index (χ1v) is 10.9. The van der Waals surface area contributed by atoms with E-state index in [1.807, 2.05) is 0 Å². The highest BCUT2D eigenvalue weighted by molar-refractivity contribution is 5.99. The number of carboxylic acid groups (broad SMARTS) is 1. The molecule has 3 rings (SSSR count). The fourth-order valence-corrected chi connectivity index (χ4v) is 3.99. The maximum atomic E-state index is 13.7. The second-order valence-corrected chi connectivity index (χ2v) is 8.11. The van der Waals surface area contributed by atoms with Gasteiger partial charge >= 0.3 is 5.97 Å². The lowest BCUT2D eigenvalue weighted by Crippen LogP contribution is -2.63. The Labute approximate surface area is 190 Å². The van der Waals surface area contributed by atoms with Gasteiger partial charge < -0.3 is 25.5 Å². The van der Waals surface area contributed by atoms with Gasteiger partial charge in [0.1, 0.15) is 17.9 Å². The van der Waals surface area contributed by atoms with Crippen molar-refractivity contribution < 1.29 is 33.5 Å². The van der Waals surface area contributed by atoms with Crippen LogP contribution >= 0.6 is 0 Å². The Morgan fingerprint density at radius 2 is 1.97 bits per heavy atom. The highest BCUT2D eigenvalue weighted by atomic mass is 19.1. The maximum absolute atomic E-state index is 13.7. The number of hydrogen-bond acceptors (Lipinski definition) is 5. The van der Waals surface area contributed by atoms with Gasteiger partial charge in [-0.25, -0.2) is 4.39 Å². The molecule has 10 nitrogen and oxygen atoms in total. The fraction of sp³-hybridized carbons (Fsp3) is 0.500. The predicted octanol–water partition coefficient (Wildman–Crippen LogP) is 0.128. The minimum atomic E-state index is -1.08. The average molecular weight is 462 g/mol. The molecule has 0 aromatic heterocycles.